The highest BCUT2D eigenvalue weighted by Gasteiger charge is 2.26. The van der Waals surface area contributed by atoms with Crippen molar-refractivity contribution in [2.24, 2.45) is 11.1 Å². The number of hydrogen-bond acceptors (Lipinski definition) is 7. The lowest BCUT2D eigenvalue weighted by Gasteiger charge is -2.34. The maximum absolute atomic E-state index is 12.1. The van der Waals surface area contributed by atoms with Crippen molar-refractivity contribution < 1.29 is 22.9 Å². The Kier molecular flexibility index (Phi) is 6.16. The number of nitrogens with two attached hydrogens (primary N) is 1. The van der Waals surface area contributed by atoms with E-state index in [9.17, 15) is 23.3 Å². The lowest BCUT2D eigenvalue weighted by Crippen LogP contribution is -2.49. The average Bonchev–Trinajstić information content (AvgIpc) is 2.58. The Morgan fingerprint density at radius 1 is 1.50 bits per heavy atom. The molecule has 1 aliphatic heterocycles. The third-order valence-corrected chi connectivity index (χ3v) is 4.87. The van der Waals surface area contributed by atoms with Crippen LogP contribution in [0.3, 0.4) is 0 Å². The molecule has 11 heteroatoms. The van der Waals surface area contributed by atoms with Crippen molar-refractivity contribution in [2.45, 2.75) is 24.8 Å². The standard InChI is InChI=1S/C15H22N4O6S/c1-10(2)15(20)18-5-6-25-11(9-18)8-17-13-4-3-12(26(16,23)24)7-14(13)19(21)22/h3-4,7,10-11,17H,5-6,8-9H2,1-2H3,(H2,16,23,24)/t11-/m0/s1. The SMILES string of the molecule is CC(C)C(=O)N1CCO[C@@H](CNc2ccc(S(N)(=O)=O)cc2[N+](=O)[O-])C1. The van der Waals surface area contributed by atoms with E-state index in [2.05, 4.69) is 5.32 Å². The van der Waals surface area contributed by atoms with Crippen molar-refractivity contribution in [3.8, 4) is 0 Å². The van der Waals surface area contributed by atoms with E-state index in [1.165, 1.54) is 12.1 Å². The van der Waals surface area contributed by atoms with Crippen LogP contribution in [-0.2, 0) is 19.6 Å². The van der Waals surface area contributed by atoms with E-state index in [1.54, 1.807) is 4.90 Å². The molecule has 1 atom stereocenters. The molecule has 1 heterocycles. The van der Waals surface area contributed by atoms with Crippen LogP contribution in [0.15, 0.2) is 23.1 Å². The third kappa shape index (κ3) is 4.90. The van der Waals surface area contributed by atoms with Crippen molar-refractivity contribution in [3.63, 3.8) is 0 Å². The number of carbonyl (C=O) groups excluding carboxylic acids is 1. The van der Waals surface area contributed by atoms with E-state index in [1.807, 2.05) is 13.8 Å². The smallest absolute Gasteiger partial charge is 0.293 e. The van der Waals surface area contributed by atoms with Gasteiger partial charge in [0.1, 0.15) is 5.69 Å². The molecular formula is C15H22N4O6S. The van der Waals surface area contributed by atoms with Crippen LogP contribution in [0.2, 0.25) is 0 Å². The van der Waals surface area contributed by atoms with Gasteiger partial charge in [-0.1, -0.05) is 13.8 Å². The highest BCUT2D eigenvalue weighted by Crippen LogP contribution is 2.27. The second-order valence-corrected chi connectivity index (χ2v) is 7.86. The number of benzene rings is 1. The van der Waals surface area contributed by atoms with Crippen molar-refractivity contribution >= 4 is 27.3 Å². The van der Waals surface area contributed by atoms with Gasteiger partial charge in [-0.3, -0.25) is 14.9 Å². The minimum atomic E-state index is -4.04. The number of amides is 1. The number of morpholine rings is 1. The molecule has 0 aromatic heterocycles. The number of nitro groups is 1. The van der Waals surface area contributed by atoms with Crippen LogP contribution in [0.4, 0.5) is 11.4 Å². The summed E-state index contributed by atoms with van der Waals surface area (Å²) in [6, 6.07) is 3.40. The fourth-order valence-corrected chi connectivity index (χ4v) is 3.15. The summed E-state index contributed by atoms with van der Waals surface area (Å²) >= 11 is 0. The first kappa shape index (κ1) is 20.1. The second-order valence-electron chi connectivity index (χ2n) is 6.29. The monoisotopic (exact) mass is 386 g/mol. The Morgan fingerprint density at radius 3 is 2.77 bits per heavy atom. The third-order valence-electron chi connectivity index (χ3n) is 3.96. The van der Waals surface area contributed by atoms with Gasteiger partial charge in [0, 0.05) is 31.6 Å². The van der Waals surface area contributed by atoms with Gasteiger partial charge in [0.05, 0.1) is 22.5 Å². The van der Waals surface area contributed by atoms with Gasteiger partial charge >= 0.3 is 0 Å². The van der Waals surface area contributed by atoms with Gasteiger partial charge in [-0.15, -0.1) is 0 Å². The van der Waals surface area contributed by atoms with Gasteiger partial charge < -0.3 is 15.0 Å². The number of hydrogen-bond donors (Lipinski definition) is 2. The zero-order chi connectivity index (χ0) is 19.5. The summed E-state index contributed by atoms with van der Waals surface area (Å²) < 4.78 is 28.3. The number of ether oxygens (including phenoxy) is 1. The summed E-state index contributed by atoms with van der Waals surface area (Å²) in [7, 11) is -4.04. The quantitative estimate of drug-likeness (QED) is 0.536. The van der Waals surface area contributed by atoms with Crippen LogP contribution in [0.1, 0.15) is 13.8 Å². The van der Waals surface area contributed by atoms with Crippen LogP contribution < -0.4 is 10.5 Å². The van der Waals surface area contributed by atoms with Crippen LogP contribution in [0.5, 0.6) is 0 Å². The van der Waals surface area contributed by atoms with Crippen LogP contribution in [0.25, 0.3) is 0 Å². The molecule has 0 unspecified atom stereocenters. The van der Waals surface area contributed by atoms with Crippen LogP contribution in [0, 0.1) is 16.0 Å². The number of nitro benzene ring substituents is 1. The second kappa shape index (κ2) is 7.98. The molecule has 1 aromatic rings. The number of primary sulfonamides is 1. The van der Waals surface area contributed by atoms with Crippen molar-refractivity contribution in [2.75, 3.05) is 31.6 Å². The Labute approximate surface area is 151 Å². The molecule has 0 radical (unpaired) electrons. The summed E-state index contributed by atoms with van der Waals surface area (Å²) in [4.78, 5) is 24.0. The Bertz CT molecular complexity index is 795. The van der Waals surface area contributed by atoms with Crippen LogP contribution in [-0.4, -0.2) is 56.5 Å². The van der Waals surface area contributed by atoms with E-state index < -0.39 is 20.6 Å². The number of sulfonamides is 1. The molecule has 3 N–H and O–H groups in total. The highest BCUT2D eigenvalue weighted by atomic mass is 32.2. The summed E-state index contributed by atoms with van der Waals surface area (Å²) in [6.45, 7) is 5.15. The maximum Gasteiger partial charge on any atom is 0.293 e. The summed E-state index contributed by atoms with van der Waals surface area (Å²) in [5.41, 5.74) is -0.249. The molecular weight excluding hydrogens is 364 g/mol. The lowest BCUT2D eigenvalue weighted by atomic mass is 10.1. The first-order valence-electron chi connectivity index (χ1n) is 8.05. The van der Waals surface area contributed by atoms with Crippen molar-refractivity contribution in [1.29, 1.82) is 0 Å². The normalized spacial score (nSPS) is 18.0. The van der Waals surface area contributed by atoms with Gasteiger partial charge in [-0.2, -0.15) is 0 Å². The fraction of sp³-hybridized carbons (Fsp3) is 0.533. The predicted molar refractivity (Wildman–Crippen MR) is 94.1 cm³/mol. The highest BCUT2D eigenvalue weighted by molar-refractivity contribution is 7.89. The molecule has 0 aliphatic carbocycles. The molecule has 1 amide bonds. The number of rotatable bonds is 6. The van der Waals surface area contributed by atoms with Crippen molar-refractivity contribution in [1.82, 2.24) is 4.90 Å². The van der Waals surface area contributed by atoms with E-state index in [0.29, 0.717) is 19.7 Å². The molecule has 0 spiro atoms. The van der Waals surface area contributed by atoms with Gasteiger partial charge in [0.2, 0.25) is 15.9 Å². The summed E-state index contributed by atoms with van der Waals surface area (Å²) in [6.07, 6.45) is -0.330. The zero-order valence-corrected chi connectivity index (χ0v) is 15.4. The topological polar surface area (TPSA) is 145 Å². The lowest BCUT2D eigenvalue weighted by molar-refractivity contribution is -0.384. The van der Waals surface area contributed by atoms with Crippen molar-refractivity contribution in [3.05, 3.63) is 28.3 Å². The Balaban J connectivity index is 2.09. The largest absolute Gasteiger partial charge is 0.377 e. The molecule has 0 bridgehead atoms. The predicted octanol–water partition coefficient (Wildman–Crippen LogP) is 0.538. The van der Waals surface area contributed by atoms with E-state index in [-0.39, 0.29) is 35.1 Å². The summed E-state index contributed by atoms with van der Waals surface area (Å²) in [5, 5.41) is 19.1. The van der Waals surface area contributed by atoms with E-state index >= 15 is 0 Å². The molecule has 2 rings (SSSR count). The summed E-state index contributed by atoms with van der Waals surface area (Å²) in [5.74, 6) is -0.0876. The number of nitrogens with one attached hydrogen (secondary N) is 1. The molecule has 26 heavy (non-hydrogen) atoms. The fourth-order valence-electron chi connectivity index (χ4n) is 2.62. The zero-order valence-electron chi connectivity index (χ0n) is 14.5. The number of nitrogens with zero attached hydrogens (tertiary/aromatic N) is 2. The minimum Gasteiger partial charge on any atom is -0.377 e. The van der Waals surface area contributed by atoms with Crippen LogP contribution >= 0.6 is 0 Å². The maximum atomic E-state index is 12.1. The van der Waals surface area contributed by atoms with Gasteiger partial charge in [0.15, 0.2) is 0 Å². The minimum absolute atomic E-state index is 0.0294. The average molecular weight is 386 g/mol. The van der Waals surface area contributed by atoms with Gasteiger partial charge in [-0.25, -0.2) is 13.6 Å². The molecule has 1 aromatic carbocycles. The Hall–Kier alpha value is -2.24. The molecule has 1 saturated heterocycles. The number of anilines is 1. The first-order valence-corrected chi connectivity index (χ1v) is 9.59. The van der Waals surface area contributed by atoms with Gasteiger partial charge in [-0.05, 0) is 12.1 Å². The van der Waals surface area contributed by atoms with E-state index in [4.69, 9.17) is 9.88 Å². The number of carbonyl (C=O) groups is 1. The first-order chi connectivity index (χ1) is 12.1. The molecule has 10 nitrogen and oxygen atoms in total. The van der Waals surface area contributed by atoms with Gasteiger partial charge in [0.25, 0.3) is 5.69 Å². The molecule has 144 valence electrons. The Morgan fingerprint density at radius 2 is 2.19 bits per heavy atom. The molecule has 0 saturated carbocycles. The molecule has 1 fully saturated rings. The van der Waals surface area contributed by atoms with E-state index in [0.717, 1.165) is 6.07 Å². The molecule has 1 aliphatic rings.